The molecule has 0 radical (unpaired) electrons. The van der Waals surface area contributed by atoms with Gasteiger partial charge in [-0.25, -0.2) is 10.5 Å². The van der Waals surface area contributed by atoms with Crippen molar-refractivity contribution in [2.75, 3.05) is 0 Å². The van der Waals surface area contributed by atoms with Crippen LogP contribution in [0.5, 0.6) is 0 Å². The molecule has 0 fully saturated rings. The summed E-state index contributed by atoms with van der Waals surface area (Å²) in [6, 6.07) is 17.7. The molecule has 5 nitrogen and oxygen atoms in total. The number of nitrogens with two attached hydrogens (primary N) is 1. The number of amides is 1. The fraction of sp³-hybridized carbons (Fsp3) is 0.111. The maximum atomic E-state index is 11.9. The van der Waals surface area contributed by atoms with Gasteiger partial charge in [-0.3, -0.25) is 10.2 Å². The number of hydrazine groups is 1. The first-order valence-electron chi connectivity index (χ1n) is 7.34. The molecule has 3 N–H and O–H groups in total. The predicted molar refractivity (Wildman–Crippen MR) is 90.1 cm³/mol. The van der Waals surface area contributed by atoms with Crippen molar-refractivity contribution in [3.05, 3.63) is 71.4 Å². The molecule has 1 aromatic heterocycles. The van der Waals surface area contributed by atoms with Gasteiger partial charge >= 0.3 is 0 Å². The van der Waals surface area contributed by atoms with E-state index in [1.807, 2.05) is 44.2 Å². The van der Waals surface area contributed by atoms with E-state index in [1.165, 1.54) is 0 Å². The summed E-state index contributed by atoms with van der Waals surface area (Å²) in [5.74, 6) is 4.84. The lowest BCUT2D eigenvalue weighted by Crippen LogP contribution is -2.30. The van der Waals surface area contributed by atoms with Gasteiger partial charge in [-0.2, -0.15) is 5.10 Å². The monoisotopic (exact) mass is 306 g/mol. The Morgan fingerprint density at radius 3 is 2.52 bits per heavy atom. The molecule has 0 aliphatic carbocycles. The van der Waals surface area contributed by atoms with Gasteiger partial charge in [0.15, 0.2) is 5.69 Å². The third-order valence-corrected chi connectivity index (χ3v) is 3.74. The van der Waals surface area contributed by atoms with Crippen LogP contribution < -0.4 is 11.3 Å². The minimum Gasteiger partial charge on any atom is -0.289 e. The maximum Gasteiger partial charge on any atom is 0.285 e. The molecule has 0 saturated carbocycles. The number of aromatic nitrogens is 2. The van der Waals surface area contributed by atoms with Gasteiger partial charge in [-0.15, -0.1) is 0 Å². The second-order valence-electron chi connectivity index (χ2n) is 5.45. The Hall–Kier alpha value is -2.92. The quantitative estimate of drug-likeness (QED) is 0.444. The fourth-order valence-electron chi connectivity index (χ4n) is 2.54. The molecule has 116 valence electrons. The zero-order chi connectivity index (χ0) is 16.4. The van der Waals surface area contributed by atoms with Crippen molar-refractivity contribution < 1.29 is 4.79 Å². The van der Waals surface area contributed by atoms with Crippen molar-refractivity contribution in [3.63, 3.8) is 0 Å². The van der Waals surface area contributed by atoms with Gasteiger partial charge in [0, 0.05) is 5.56 Å². The average Bonchev–Trinajstić information content (AvgIpc) is 3.02. The third-order valence-electron chi connectivity index (χ3n) is 3.74. The van der Waals surface area contributed by atoms with Crippen LogP contribution in [0.1, 0.15) is 21.6 Å². The normalized spacial score (nSPS) is 10.6. The summed E-state index contributed by atoms with van der Waals surface area (Å²) >= 11 is 0. The minimum atomic E-state index is -0.411. The van der Waals surface area contributed by atoms with Crippen molar-refractivity contribution in [3.8, 4) is 16.9 Å². The van der Waals surface area contributed by atoms with Crippen LogP contribution in [0.4, 0.5) is 0 Å². The highest BCUT2D eigenvalue weighted by Crippen LogP contribution is 2.28. The number of nitrogen functional groups attached to an aromatic ring is 1. The molecule has 0 unspecified atom stereocenters. The topological polar surface area (TPSA) is 72.9 Å². The Bertz CT molecular complexity index is 853. The summed E-state index contributed by atoms with van der Waals surface area (Å²) in [5, 5.41) is 4.42. The fourth-order valence-corrected chi connectivity index (χ4v) is 2.54. The molecule has 3 aromatic rings. The number of nitrogens with zero attached hydrogens (tertiary/aromatic N) is 2. The third kappa shape index (κ3) is 2.86. The standard InChI is InChI=1S/C18H18N4O/c1-12-8-9-13(2)15(10-12)17-11-16(18(23)20-19)21-22(17)14-6-4-3-5-7-14/h3-11H,19H2,1-2H3,(H,20,23). The molecule has 0 aliphatic heterocycles. The molecule has 23 heavy (non-hydrogen) atoms. The van der Waals surface area contributed by atoms with Crippen LogP contribution in [0.3, 0.4) is 0 Å². The lowest BCUT2D eigenvalue weighted by atomic mass is 10.0. The molecule has 0 bridgehead atoms. The van der Waals surface area contributed by atoms with Crippen LogP contribution >= 0.6 is 0 Å². The summed E-state index contributed by atoms with van der Waals surface area (Å²) in [5.41, 5.74) is 7.47. The van der Waals surface area contributed by atoms with Crippen molar-refractivity contribution in [2.24, 2.45) is 5.84 Å². The molecule has 0 saturated heterocycles. The Morgan fingerprint density at radius 1 is 1.09 bits per heavy atom. The van der Waals surface area contributed by atoms with E-state index in [9.17, 15) is 4.79 Å². The molecule has 5 heteroatoms. The maximum absolute atomic E-state index is 11.9. The van der Waals surface area contributed by atoms with Crippen LogP contribution in [-0.2, 0) is 0 Å². The number of aryl methyl sites for hydroxylation is 2. The molecular weight excluding hydrogens is 288 g/mol. The molecule has 3 rings (SSSR count). The molecule has 1 heterocycles. The Labute approximate surface area is 134 Å². The Kier molecular flexibility index (Phi) is 3.95. The summed E-state index contributed by atoms with van der Waals surface area (Å²) < 4.78 is 1.77. The van der Waals surface area contributed by atoms with Crippen molar-refractivity contribution in [1.82, 2.24) is 15.2 Å². The van der Waals surface area contributed by atoms with E-state index in [0.717, 1.165) is 28.1 Å². The number of hydrogen-bond acceptors (Lipinski definition) is 3. The number of carbonyl (C=O) groups excluding carboxylic acids is 1. The summed E-state index contributed by atoms with van der Waals surface area (Å²) in [6.45, 7) is 4.08. The van der Waals surface area contributed by atoms with Crippen LogP contribution in [0.25, 0.3) is 16.9 Å². The van der Waals surface area contributed by atoms with E-state index in [1.54, 1.807) is 10.7 Å². The number of para-hydroxylation sites is 1. The summed E-state index contributed by atoms with van der Waals surface area (Å²) in [6.07, 6.45) is 0. The highest BCUT2D eigenvalue weighted by atomic mass is 16.2. The second kappa shape index (κ2) is 6.06. The smallest absolute Gasteiger partial charge is 0.285 e. The molecule has 0 aliphatic rings. The zero-order valence-corrected chi connectivity index (χ0v) is 13.1. The SMILES string of the molecule is Cc1ccc(C)c(-c2cc(C(=O)NN)nn2-c2ccccc2)c1. The van der Waals surface area contributed by atoms with Crippen LogP contribution in [0, 0.1) is 13.8 Å². The number of rotatable bonds is 3. The summed E-state index contributed by atoms with van der Waals surface area (Å²) in [4.78, 5) is 11.9. The van der Waals surface area contributed by atoms with Gasteiger partial charge < -0.3 is 0 Å². The zero-order valence-electron chi connectivity index (χ0n) is 13.1. The van der Waals surface area contributed by atoms with E-state index in [0.29, 0.717) is 0 Å². The number of carbonyl (C=O) groups is 1. The lowest BCUT2D eigenvalue weighted by Gasteiger charge is -2.10. The van der Waals surface area contributed by atoms with Crippen molar-refractivity contribution >= 4 is 5.91 Å². The van der Waals surface area contributed by atoms with Gasteiger partial charge in [-0.05, 0) is 43.7 Å². The van der Waals surface area contributed by atoms with Crippen LogP contribution in [-0.4, -0.2) is 15.7 Å². The molecule has 2 aromatic carbocycles. The van der Waals surface area contributed by atoms with Crippen LogP contribution in [0.15, 0.2) is 54.6 Å². The largest absolute Gasteiger partial charge is 0.289 e. The molecular formula is C18H18N4O. The van der Waals surface area contributed by atoms with Gasteiger partial charge in [0.05, 0.1) is 11.4 Å². The minimum absolute atomic E-state index is 0.284. The van der Waals surface area contributed by atoms with Crippen molar-refractivity contribution in [2.45, 2.75) is 13.8 Å². The molecule has 0 spiro atoms. The first kappa shape index (κ1) is 15.0. The van der Waals surface area contributed by atoms with Gasteiger partial charge in [0.2, 0.25) is 0 Å². The van der Waals surface area contributed by atoms with E-state index in [-0.39, 0.29) is 5.69 Å². The van der Waals surface area contributed by atoms with Gasteiger partial charge in [0.1, 0.15) is 0 Å². The highest BCUT2D eigenvalue weighted by Gasteiger charge is 2.17. The van der Waals surface area contributed by atoms with Crippen molar-refractivity contribution in [1.29, 1.82) is 0 Å². The van der Waals surface area contributed by atoms with E-state index in [4.69, 9.17) is 5.84 Å². The number of benzene rings is 2. The van der Waals surface area contributed by atoms with E-state index in [2.05, 4.69) is 28.7 Å². The van der Waals surface area contributed by atoms with E-state index < -0.39 is 5.91 Å². The second-order valence-corrected chi connectivity index (χ2v) is 5.45. The molecule has 0 atom stereocenters. The number of hydrogen-bond donors (Lipinski definition) is 2. The average molecular weight is 306 g/mol. The predicted octanol–water partition coefficient (Wildman–Crippen LogP) is 2.76. The van der Waals surface area contributed by atoms with E-state index >= 15 is 0 Å². The van der Waals surface area contributed by atoms with Gasteiger partial charge in [-0.1, -0.05) is 35.9 Å². The first-order chi connectivity index (χ1) is 11.1. The first-order valence-corrected chi connectivity index (χ1v) is 7.34. The Morgan fingerprint density at radius 2 is 1.83 bits per heavy atom. The summed E-state index contributed by atoms with van der Waals surface area (Å²) in [7, 11) is 0. The lowest BCUT2D eigenvalue weighted by molar-refractivity contribution is 0.0948. The van der Waals surface area contributed by atoms with Gasteiger partial charge in [0.25, 0.3) is 5.91 Å². The Balaban J connectivity index is 2.24. The highest BCUT2D eigenvalue weighted by molar-refractivity contribution is 5.93. The molecule has 1 amide bonds. The number of nitrogens with one attached hydrogen (secondary N) is 1. The van der Waals surface area contributed by atoms with Crippen LogP contribution in [0.2, 0.25) is 0 Å².